The zero-order valence-electron chi connectivity index (χ0n) is 27.8. The Labute approximate surface area is 263 Å². The van der Waals surface area contributed by atoms with E-state index < -0.39 is 50.6 Å². The first kappa shape index (κ1) is 34.8. The molecule has 0 aromatic heterocycles. The first-order valence-electron chi connectivity index (χ1n) is 15.5. The van der Waals surface area contributed by atoms with Crippen LogP contribution in [-0.4, -0.2) is 32.7 Å². The third kappa shape index (κ3) is 6.00. The molecule has 3 rings (SSSR count). The van der Waals surface area contributed by atoms with Crippen LogP contribution >= 0.6 is 0 Å². The van der Waals surface area contributed by atoms with Gasteiger partial charge in [0.25, 0.3) is 0 Å². The molecule has 2 bridgehead atoms. The van der Waals surface area contributed by atoms with Crippen LogP contribution in [0.2, 0.25) is 0 Å². The van der Waals surface area contributed by atoms with Gasteiger partial charge in [-0.2, -0.15) is 0 Å². The molecule has 2 fully saturated rings. The quantitative estimate of drug-likeness (QED) is 0.0583. The second-order valence-corrected chi connectivity index (χ2v) is 14.3. The van der Waals surface area contributed by atoms with Crippen molar-refractivity contribution in [3.8, 4) is 11.5 Å². The third-order valence-electron chi connectivity index (χ3n) is 10.1. The molecule has 0 radical (unpaired) electrons. The smallest absolute Gasteiger partial charge is 0.184 e. The van der Waals surface area contributed by atoms with E-state index in [2.05, 4.69) is 19.2 Å². The molecule has 2 aliphatic carbocycles. The van der Waals surface area contributed by atoms with Crippen LogP contribution in [-0.2, 0) is 14.4 Å². The molecule has 0 heterocycles. The number of allylic oxidation sites excluding steroid dienone is 7. The molecule has 2 saturated carbocycles. The van der Waals surface area contributed by atoms with E-state index >= 15 is 4.79 Å². The number of ketones is 3. The third-order valence-corrected chi connectivity index (χ3v) is 10.1. The van der Waals surface area contributed by atoms with E-state index in [-0.39, 0.29) is 42.4 Å². The minimum absolute atomic E-state index is 0.00886. The normalized spacial score (nSPS) is 26.1. The van der Waals surface area contributed by atoms with Crippen molar-refractivity contribution in [3.05, 3.63) is 76.9 Å². The molecule has 2 aliphatic rings. The summed E-state index contributed by atoms with van der Waals surface area (Å²) in [6, 6.07) is 3.64. The van der Waals surface area contributed by atoms with Crippen LogP contribution < -0.4 is 0 Å². The summed E-state index contributed by atoms with van der Waals surface area (Å²) in [6.45, 7) is 23.8. The van der Waals surface area contributed by atoms with Gasteiger partial charge in [0.15, 0.2) is 28.8 Å². The molecule has 1 aromatic carbocycles. The fraction of sp³-hybridized carbons (Fsp3) is 0.500. The molecule has 0 aliphatic heterocycles. The first-order valence-corrected chi connectivity index (χ1v) is 15.5. The topological polar surface area (TPSA) is 112 Å². The van der Waals surface area contributed by atoms with Crippen LogP contribution in [0.3, 0.4) is 0 Å². The van der Waals surface area contributed by atoms with Crippen LogP contribution in [0.4, 0.5) is 0 Å². The number of benzene rings is 1. The van der Waals surface area contributed by atoms with Crippen molar-refractivity contribution in [2.75, 3.05) is 0 Å². The highest BCUT2D eigenvalue weighted by Gasteiger charge is 2.74. The van der Waals surface area contributed by atoms with Gasteiger partial charge in [0.05, 0.1) is 5.41 Å². The maximum Gasteiger partial charge on any atom is 0.184 e. The lowest BCUT2D eigenvalue weighted by molar-refractivity contribution is -0.177. The highest BCUT2D eigenvalue weighted by Crippen LogP contribution is 2.66. The number of aliphatic hydroxyl groups excluding tert-OH is 1. The zero-order valence-corrected chi connectivity index (χ0v) is 27.8. The standard InChI is InChI=1S/C38H50O6/c1-22(2)11-13-27(25(7)8)20-37-21-28(15-12-23(3)4)36(9,10)38(35(37)44,18-17-24(5)6)34(43)31(33(37)42)32(41)26-14-16-29(39)30(40)19-26/h12,14,16-17,19,27-28,39-41H,1,7,11,13,15,18,20-21H2,2-6,8-10H3/t27-,28+,37+,38-/m0/s1. The number of carbonyl (C=O) groups is 3. The largest absolute Gasteiger partial charge is 0.506 e. The van der Waals surface area contributed by atoms with E-state index in [9.17, 15) is 24.9 Å². The van der Waals surface area contributed by atoms with Crippen LogP contribution in [0, 0.1) is 28.1 Å². The molecule has 0 amide bonds. The summed E-state index contributed by atoms with van der Waals surface area (Å²) < 4.78 is 0. The number of fused-ring (bicyclic) bond motifs is 2. The summed E-state index contributed by atoms with van der Waals surface area (Å²) in [6.07, 6.45) is 6.46. The summed E-state index contributed by atoms with van der Waals surface area (Å²) in [5.74, 6) is -3.61. The molecule has 6 nitrogen and oxygen atoms in total. The molecule has 6 heteroatoms. The zero-order chi connectivity index (χ0) is 33.4. The van der Waals surface area contributed by atoms with Crippen LogP contribution in [0.5, 0.6) is 11.5 Å². The number of hydrogen-bond acceptors (Lipinski definition) is 6. The van der Waals surface area contributed by atoms with Gasteiger partial charge in [0.1, 0.15) is 16.7 Å². The van der Waals surface area contributed by atoms with Crippen molar-refractivity contribution >= 4 is 23.1 Å². The van der Waals surface area contributed by atoms with Gasteiger partial charge < -0.3 is 15.3 Å². The van der Waals surface area contributed by atoms with Crippen molar-refractivity contribution in [1.29, 1.82) is 0 Å². The monoisotopic (exact) mass is 602 g/mol. The van der Waals surface area contributed by atoms with E-state index in [1.165, 1.54) is 12.1 Å². The van der Waals surface area contributed by atoms with Gasteiger partial charge in [-0.3, -0.25) is 14.4 Å². The molecular weight excluding hydrogens is 552 g/mol. The maximum atomic E-state index is 15.2. The molecule has 0 unspecified atom stereocenters. The van der Waals surface area contributed by atoms with Crippen molar-refractivity contribution in [1.82, 2.24) is 0 Å². The summed E-state index contributed by atoms with van der Waals surface area (Å²) in [5.41, 5.74) is -0.587. The first-order chi connectivity index (χ1) is 20.3. The van der Waals surface area contributed by atoms with E-state index in [1.807, 2.05) is 61.5 Å². The fourth-order valence-electron chi connectivity index (χ4n) is 7.19. The Kier molecular flexibility index (Phi) is 10.1. The van der Waals surface area contributed by atoms with Crippen molar-refractivity contribution in [3.63, 3.8) is 0 Å². The summed E-state index contributed by atoms with van der Waals surface area (Å²) in [4.78, 5) is 44.9. The number of aliphatic hydroxyl groups is 1. The lowest BCUT2D eigenvalue weighted by Crippen LogP contribution is -2.69. The Balaban J connectivity index is 2.45. The van der Waals surface area contributed by atoms with Gasteiger partial charge in [-0.1, -0.05) is 54.9 Å². The molecule has 1 aromatic rings. The minimum Gasteiger partial charge on any atom is -0.506 e. The average Bonchev–Trinajstić information content (AvgIpc) is 2.91. The van der Waals surface area contributed by atoms with Gasteiger partial charge in [0, 0.05) is 5.56 Å². The number of aromatic hydroxyl groups is 2. The number of carbonyl (C=O) groups excluding carboxylic acids is 3. The molecule has 0 spiro atoms. The summed E-state index contributed by atoms with van der Waals surface area (Å²) in [7, 11) is 0. The molecular formula is C38H50O6. The maximum absolute atomic E-state index is 15.2. The van der Waals surface area contributed by atoms with E-state index in [1.54, 1.807) is 0 Å². The van der Waals surface area contributed by atoms with E-state index in [0.717, 1.165) is 28.4 Å². The Morgan fingerprint density at radius 2 is 1.57 bits per heavy atom. The SMILES string of the molecule is C=C(C)CC[C@@H](C[C@@]12C[C@@H](CC=C(C)C)C(C)(C)[C@@](CC=C(C)C)(C(=O)C(=C(O)c3ccc(O)c(O)c3)C1=O)C2=O)C(=C)C. The second-order valence-electron chi connectivity index (χ2n) is 14.3. The van der Waals surface area contributed by atoms with E-state index in [0.29, 0.717) is 19.3 Å². The lowest BCUT2D eigenvalue weighted by Gasteiger charge is -2.60. The summed E-state index contributed by atoms with van der Waals surface area (Å²) in [5, 5.41) is 31.7. The number of hydrogen-bond donors (Lipinski definition) is 3. The summed E-state index contributed by atoms with van der Waals surface area (Å²) >= 11 is 0. The Bertz CT molecular complexity index is 1480. The number of phenols is 2. The van der Waals surface area contributed by atoms with Gasteiger partial charge >= 0.3 is 0 Å². The Hall–Kier alpha value is -3.67. The van der Waals surface area contributed by atoms with Crippen molar-refractivity contribution < 1.29 is 29.7 Å². The highest BCUT2D eigenvalue weighted by molar-refractivity contribution is 6.41. The highest BCUT2D eigenvalue weighted by atomic mass is 16.3. The molecule has 44 heavy (non-hydrogen) atoms. The Morgan fingerprint density at radius 3 is 2.09 bits per heavy atom. The predicted molar refractivity (Wildman–Crippen MR) is 176 cm³/mol. The average molecular weight is 603 g/mol. The molecule has 238 valence electrons. The fourth-order valence-corrected chi connectivity index (χ4v) is 7.19. The lowest BCUT2D eigenvalue weighted by atomic mass is 9.38. The van der Waals surface area contributed by atoms with Gasteiger partial charge in [0.2, 0.25) is 0 Å². The molecule has 4 atom stereocenters. The molecule has 3 N–H and O–H groups in total. The minimum atomic E-state index is -1.62. The second kappa shape index (κ2) is 12.7. The van der Waals surface area contributed by atoms with Gasteiger partial charge in [-0.05, 0) is 116 Å². The van der Waals surface area contributed by atoms with Gasteiger partial charge in [-0.25, -0.2) is 0 Å². The Morgan fingerprint density at radius 1 is 0.955 bits per heavy atom. The van der Waals surface area contributed by atoms with E-state index in [4.69, 9.17) is 0 Å². The van der Waals surface area contributed by atoms with Crippen LogP contribution in [0.1, 0.15) is 99.5 Å². The number of phenolic OH excluding ortho intramolecular Hbond substituents is 2. The van der Waals surface area contributed by atoms with Crippen molar-refractivity contribution in [2.24, 2.45) is 28.1 Å². The van der Waals surface area contributed by atoms with Crippen molar-refractivity contribution in [2.45, 2.75) is 93.9 Å². The van der Waals surface area contributed by atoms with Gasteiger partial charge in [-0.15, -0.1) is 6.58 Å². The number of Topliss-reactive ketones (excluding diaryl/α,β-unsaturated/α-hetero) is 3. The number of rotatable bonds is 11. The van der Waals surface area contributed by atoms with Crippen LogP contribution in [0.15, 0.2) is 71.4 Å². The predicted octanol–water partition coefficient (Wildman–Crippen LogP) is 8.76. The van der Waals surface area contributed by atoms with Crippen LogP contribution in [0.25, 0.3) is 5.76 Å². The molecule has 0 saturated heterocycles.